The van der Waals surface area contributed by atoms with Crippen LogP contribution in [0.3, 0.4) is 0 Å². The Labute approximate surface area is 137 Å². The number of methoxy groups -OCH3 is 1. The van der Waals surface area contributed by atoms with E-state index < -0.39 is 6.16 Å². The number of ether oxygens (including phenoxy) is 2. The van der Waals surface area contributed by atoms with Crippen molar-refractivity contribution in [2.24, 2.45) is 0 Å². The molecule has 0 aliphatic carbocycles. The summed E-state index contributed by atoms with van der Waals surface area (Å²) in [5.41, 5.74) is 1.71. The first-order valence-electron chi connectivity index (χ1n) is 6.93. The predicted molar refractivity (Wildman–Crippen MR) is 89.9 cm³/mol. The Hall–Kier alpha value is -2.79. The number of carbonyl (C=O) groups is 1. The van der Waals surface area contributed by atoms with E-state index in [4.69, 9.17) is 4.74 Å². The summed E-state index contributed by atoms with van der Waals surface area (Å²) >= 11 is 1.36. The van der Waals surface area contributed by atoms with Gasteiger partial charge >= 0.3 is 6.16 Å². The highest BCUT2D eigenvalue weighted by Crippen LogP contribution is 2.51. The largest absolute Gasteiger partial charge is 0.513 e. The smallest absolute Gasteiger partial charge is 0.503 e. The fourth-order valence-corrected chi connectivity index (χ4v) is 3.32. The zero-order valence-corrected chi connectivity index (χ0v) is 13.2. The molecule has 4 nitrogen and oxygen atoms in total. The lowest BCUT2D eigenvalue weighted by Gasteiger charge is -2.05. The van der Waals surface area contributed by atoms with Crippen molar-refractivity contribution in [1.82, 2.24) is 0 Å². The van der Waals surface area contributed by atoms with Gasteiger partial charge in [-0.1, -0.05) is 60.7 Å². The van der Waals surface area contributed by atoms with Gasteiger partial charge in [0.25, 0.3) is 0 Å². The van der Waals surface area contributed by atoms with E-state index in [1.165, 1.54) is 18.4 Å². The summed E-state index contributed by atoms with van der Waals surface area (Å²) < 4.78 is 9.73. The number of hydrogen-bond donors (Lipinski definition) is 1. The molecule has 5 heteroatoms. The molecule has 0 aliphatic rings. The summed E-state index contributed by atoms with van der Waals surface area (Å²) in [7, 11) is 1.23. The molecule has 3 rings (SSSR count). The molecule has 1 N–H and O–H groups in total. The lowest BCUT2D eigenvalue weighted by Crippen LogP contribution is -2.07. The minimum atomic E-state index is -0.866. The monoisotopic (exact) mass is 326 g/mol. The highest BCUT2D eigenvalue weighted by Gasteiger charge is 2.23. The first kappa shape index (κ1) is 15.1. The topological polar surface area (TPSA) is 55.8 Å². The molecule has 2 aromatic carbocycles. The molecule has 0 unspecified atom stereocenters. The van der Waals surface area contributed by atoms with Crippen LogP contribution in [-0.2, 0) is 4.74 Å². The molecule has 0 aliphatic heterocycles. The molecule has 0 fully saturated rings. The lowest BCUT2D eigenvalue weighted by atomic mass is 10.1. The van der Waals surface area contributed by atoms with Crippen LogP contribution in [0.15, 0.2) is 60.7 Å². The van der Waals surface area contributed by atoms with Gasteiger partial charge in [0.2, 0.25) is 0 Å². The zero-order chi connectivity index (χ0) is 16.2. The van der Waals surface area contributed by atoms with Crippen LogP contribution in [0.4, 0.5) is 4.79 Å². The Bertz CT molecular complexity index is 810. The van der Waals surface area contributed by atoms with Gasteiger partial charge in [-0.3, -0.25) is 0 Å². The molecule has 116 valence electrons. The van der Waals surface area contributed by atoms with Gasteiger partial charge in [0.05, 0.1) is 16.9 Å². The van der Waals surface area contributed by atoms with Gasteiger partial charge in [-0.25, -0.2) is 4.79 Å². The maximum Gasteiger partial charge on any atom is 0.513 e. The number of aromatic hydroxyl groups is 1. The van der Waals surface area contributed by atoms with Crippen molar-refractivity contribution in [3.63, 3.8) is 0 Å². The Balaban J connectivity index is 2.16. The minimum absolute atomic E-state index is 0.0644. The zero-order valence-electron chi connectivity index (χ0n) is 12.4. The molecule has 1 heterocycles. The first-order chi connectivity index (χ1) is 11.2. The quantitative estimate of drug-likeness (QED) is 0.693. The highest BCUT2D eigenvalue weighted by molar-refractivity contribution is 7.19. The van der Waals surface area contributed by atoms with Crippen molar-refractivity contribution in [2.45, 2.75) is 0 Å². The summed E-state index contributed by atoms with van der Waals surface area (Å²) in [4.78, 5) is 12.8. The van der Waals surface area contributed by atoms with Crippen molar-refractivity contribution in [1.29, 1.82) is 0 Å². The Morgan fingerprint density at radius 3 is 1.96 bits per heavy atom. The van der Waals surface area contributed by atoms with Crippen LogP contribution < -0.4 is 4.74 Å². The van der Waals surface area contributed by atoms with Crippen molar-refractivity contribution in [3.05, 3.63) is 60.7 Å². The number of hydrogen-bond acceptors (Lipinski definition) is 5. The van der Waals surface area contributed by atoms with Gasteiger partial charge in [-0.2, -0.15) is 0 Å². The van der Waals surface area contributed by atoms with Crippen molar-refractivity contribution < 1.29 is 19.4 Å². The van der Waals surface area contributed by atoms with Gasteiger partial charge in [0.1, 0.15) is 0 Å². The van der Waals surface area contributed by atoms with E-state index in [2.05, 4.69) is 4.74 Å². The van der Waals surface area contributed by atoms with E-state index in [0.717, 1.165) is 11.1 Å². The fraction of sp³-hybridized carbons (Fsp3) is 0.0556. The normalized spacial score (nSPS) is 10.3. The van der Waals surface area contributed by atoms with Gasteiger partial charge < -0.3 is 14.6 Å². The van der Waals surface area contributed by atoms with E-state index >= 15 is 0 Å². The molecular weight excluding hydrogens is 312 g/mol. The van der Waals surface area contributed by atoms with Crippen molar-refractivity contribution in [2.75, 3.05) is 7.11 Å². The number of benzene rings is 2. The highest BCUT2D eigenvalue weighted by atomic mass is 32.1. The van der Waals surface area contributed by atoms with Crippen LogP contribution in [0.1, 0.15) is 0 Å². The molecule has 0 atom stereocenters. The van der Waals surface area contributed by atoms with E-state index in [9.17, 15) is 9.90 Å². The van der Waals surface area contributed by atoms with Crippen LogP contribution >= 0.6 is 11.3 Å². The number of rotatable bonds is 3. The van der Waals surface area contributed by atoms with Crippen LogP contribution in [0, 0.1) is 0 Å². The number of carbonyl (C=O) groups excluding carboxylic acids is 1. The average molecular weight is 326 g/mol. The van der Waals surface area contributed by atoms with Crippen LogP contribution in [-0.4, -0.2) is 18.4 Å². The minimum Gasteiger partial charge on any atom is -0.503 e. The van der Waals surface area contributed by atoms with Crippen LogP contribution in [0.5, 0.6) is 11.5 Å². The van der Waals surface area contributed by atoms with Gasteiger partial charge in [-0.05, 0) is 11.1 Å². The average Bonchev–Trinajstić information content (AvgIpc) is 2.93. The molecule has 0 amide bonds. The molecule has 0 radical (unpaired) electrons. The van der Waals surface area contributed by atoms with Gasteiger partial charge in [0.15, 0.2) is 11.5 Å². The predicted octanol–water partition coefficient (Wildman–Crippen LogP) is 4.93. The molecule has 1 aromatic heterocycles. The second-order valence-corrected chi connectivity index (χ2v) is 5.75. The molecular formula is C18H14O4S. The maximum atomic E-state index is 11.5. The van der Waals surface area contributed by atoms with E-state index in [0.29, 0.717) is 9.75 Å². The molecule has 23 heavy (non-hydrogen) atoms. The van der Waals surface area contributed by atoms with Crippen LogP contribution in [0.2, 0.25) is 0 Å². The SMILES string of the molecule is COC(=O)Oc1c(-c2ccccc2)sc(-c2ccccc2)c1O. The third-order valence-corrected chi connectivity index (χ3v) is 4.52. The second kappa shape index (κ2) is 6.54. The first-order valence-corrected chi connectivity index (χ1v) is 7.74. The summed E-state index contributed by atoms with van der Waals surface area (Å²) in [6.45, 7) is 0. The van der Waals surface area contributed by atoms with Crippen LogP contribution in [0.25, 0.3) is 20.9 Å². The number of thiophene rings is 1. The van der Waals surface area contributed by atoms with Crippen molar-refractivity contribution in [3.8, 4) is 32.4 Å². The standard InChI is InChI=1S/C18H14O4S/c1-21-18(20)22-15-14(19)16(12-8-4-2-5-9-12)23-17(15)13-10-6-3-7-11-13/h2-11,19H,1H3. The molecule has 0 saturated heterocycles. The van der Waals surface area contributed by atoms with Gasteiger partial charge in [0, 0.05) is 0 Å². The third kappa shape index (κ3) is 3.05. The Morgan fingerprint density at radius 2 is 1.43 bits per heavy atom. The lowest BCUT2D eigenvalue weighted by molar-refractivity contribution is 0.120. The van der Waals surface area contributed by atoms with E-state index in [1.54, 1.807) is 0 Å². The molecule has 0 saturated carbocycles. The summed E-state index contributed by atoms with van der Waals surface area (Å²) in [6, 6.07) is 18.9. The van der Waals surface area contributed by atoms with E-state index in [1.807, 2.05) is 60.7 Å². The van der Waals surface area contributed by atoms with Gasteiger partial charge in [-0.15, -0.1) is 11.3 Å². The van der Waals surface area contributed by atoms with Crippen molar-refractivity contribution >= 4 is 17.5 Å². The van der Waals surface area contributed by atoms with E-state index in [-0.39, 0.29) is 11.5 Å². The Morgan fingerprint density at radius 1 is 0.913 bits per heavy atom. The Kier molecular flexibility index (Phi) is 4.30. The second-order valence-electron chi connectivity index (χ2n) is 4.73. The summed E-state index contributed by atoms with van der Waals surface area (Å²) in [5.74, 6) is 0.0531. The molecule has 0 spiro atoms. The fourth-order valence-electron chi connectivity index (χ4n) is 2.19. The maximum absolute atomic E-state index is 11.5. The molecule has 0 bridgehead atoms. The third-order valence-electron chi connectivity index (χ3n) is 3.26. The summed E-state index contributed by atoms with van der Waals surface area (Å²) in [6.07, 6.45) is -0.866. The molecule has 3 aromatic rings. The summed E-state index contributed by atoms with van der Waals surface area (Å²) in [5, 5.41) is 10.5.